The molecule has 26 heavy (non-hydrogen) atoms. The molecule has 0 bridgehead atoms. The quantitative estimate of drug-likeness (QED) is 0.623. The standard InChI is InChI=1S/C19H23FN4OS/c1-21-19(22-9-6-14-4-2-3-5-16(14)20)23-12-18(25)24-10-7-17-15(13-24)8-11-26-17/h2-5,8,11H,6-7,9-10,12-13H2,1H3,(H2,21,22,23). The number of carbonyl (C=O) groups is 1. The van der Waals surface area contributed by atoms with Crippen LogP contribution in [0.4, 0.5) is 4.39 Å². The number of carbonyl (C=O) groups excluding carboxylic acids is 1. The van der Waals surface area contributed by atoms with Crippen LogP contribution in [-0.2, 0) is 24.2 Å². The molecule has 7 heteroatoms. The number of hydrogen-bond acceptors (Lipinski definition) is 3. The molecule has 2 aromatic rings. The number of fused-ring (bicyclic) bond motifs is 1. The largest absolute Gasteiger partial charge is 0.356 e. The van der Waals surface area contributed by atoms with E-state index in [0.29, 0.717) is 31.0 Å². The number of rotatable bonds is 5. The van der Waals surface area contributed by atoms with Gasteiger partial charge >= 0.3 is 0 Å². The first-order chi connectivity index (χ1) is 12.7. The molecule has 138 valence electrons. The molecule has 5 nitrogen and oxygen atoms in total. The molecular weight excluding hydrogens is 351 g/mol. The molecule has 1 aliphatic rings. The van der Waals surface area contributed by atoms with E-state index in [0.717, 1.165) is 13.0 Å². The van der Waals surface area contributed by atoms with Crippen LogP contribution in [0.2, 0.25) is 0 Å². The smallest absolute Gasteiger partial charge is 0.242 e. The van der Waals surface area contributed by atoms with Gasteiger partial charge in [-0.2, -0.15) is 0 Å². The van der Waals surface area contributed by atoms with Crippen LogP contribution in [0.25, 0.3) is 0 Å². The summed E-state index contributed by atoms with van der Waals surface area (Å²) < 4.78 is 13.6. The zero-order valence-corrected chi connectivity index (χ0v) is 15.6. The summed E-state index contributed by atoms with van der Waals surface area (Å²) in [6.45, 7) is 2.17. The maximum Gasteiger partial charge on any atom is 0.242 e. The van der Waals surface area contributed by atoms with Crippen LogP contribution < -0.4 is 10.6 Å². The fourth-order valence-corrected chi connectivity index (χ4v) is 3.86. The number of aliphatic imine (C=N–C) groups is 1. The molecule has 1 aromatic heterocycles. The first kappa shape index (κ1) is 18.4. The van der Waals surface area contributed by atoms with Gasteiger partial charge in [0, 0.05) is 31.6 Å². The highest BCUT2D eigenvalue weighted by molar-refractivity contribution is 7.10. The molecule has 1 aromatic carbocycles. The molecule has 0 atom stereocenters. The number of nitrogens with zero attached hydrogens (tertiary/aromatic N) is 2. The number of benzene rings is 1. The van der Waals surface area contributed by atoms with Gasteiger partial charge in [-0.15, -0.1) is 11.3 Å². The maximum absolute atomic E-state index is 13.6. The van der Waals surface area contributed by atoms with Gasteiger partial charge in [0.05, 0.1) is 6.54 Å². The lowest BCUT2D eigenvalue weighted by Gasteiger charge is -2.27. The Hall–Kier alpha value is -2.41. The van der Waals surface area contributed by atoms with Crippen molar-refractivity contribution in [1.29, 1.82) is 0 Å². The van der Waals surface area contributed by atoms with Crippen molar-refractivity contribution in [3.05, 3.63) is 57.5 Å². The summed E-state index contributed by atoms with van der Waals surface area (Å²) in [5.74, 6) is 0.396. The summed E-state index contributed by atoms with van der Waals surface area (Å²) in [4.78, 5) is 19.8. The molecule has 0 spiro atoms. The van der Waals surface area contributed by atoms with E-state index in [2.05, 4.69) is 27.1 Å². The van der Waals surface area contributed by atoms with E-state index >= 15 is 0 Å². The number of hydrogen-bond donors (Lipinski definition) is 2. The second-order valence-corrected chi connectivity index (χ2v) is 7.13. The lowest BCUT2D eigenvalue weighted by atomic mass is 10.1. The van der Waals surface area contributed by atoms with Crippen LogP contribution in [-0.4, -0.2) is 43.4 Å². The van der Waals surface area contributed by atoms with Crippen LogP contribution in [0.1, 0.15) is 16.0 Å². The third kappa shape index (κ3) is 4.60. The molecule has 0 unspecified atom stereocenters. The molecule has 0 radical (unpaired) electrons. The molecule has 2 N–H and O–H groups in total. The molecular formula is C19H23FN4OS. The lowest BCUT2D eigenvalue weighted by molar-refractivity contribution is -0.130. The third-order valence-electron chi connectivity index (χ3n) is 4.44. The zero-order chi connectivity index (χ0) is 18.4. The number of thiophene rings is 1. The van der Waals surface area contributed by atoms with Gasteiger partial charge in [-0.05, 0) is 41.5 Å². The SMILES string of the molecule is CN=C(NCCc1ccccc1F)NCC(=O)N1CCc2sccc2C1. The molecule has 1 aliphatic heterocycles. The number of halogens is 1. The zero-order valence-electron chi connectivity index (χ0n) is 14.8. The van der Waals surface area contributed by atoms with Crippen LogP contribution in [0.5, 0.6) is 0 Å². The van der Waals surface area contributed by atoms with E-state index in [1.165, 1.54) is 16.5 Å². The lowest BCUT2D eigenvalue weighted by Crippen LogP contribution is -2.46. The van der Waals surface area contributed by atoms with Crippen LogP contribution in [0, 0.1) is 5.82 Å². The van der Waals surface area contributed by atoms with Gasteiger partial charge in [0.15, 0.2) is 5.96 Å². The molecule has 3 rings (SSSR count). The van der Waals surface area contributed by atoms with Gasteiger partial charge in [-0.3, -0.25) is 9.79 Å². The Labute approximate surface area is 156 Å². The fourth-order valence-electron chi connectivity index (χ4n) is 2.97. The topological polar surface area (TPSA) is 56.7 Å². The summed E-state index contributed by atoms with van der Waals surface area (Å²) in [5.41, 5.74) is 1.91. The van der Waals surface area contributed by atoms with Gasteiger partial charge < -0.3 is 15.5 Å². The molecule has 0 saturated carbocycles. The monoisotopic (exact) mass is 374 g/mol. The number of guanidine groups is 1. The second-order valence-electron chi connectivity index (χ2n) is 6.13. The Balaban J connectivity index is 1.43. The van der Waals surface area contributed by atoms with Crippen molar-refractivity contribution in [3.63, 3.8) is 0 Å². The number of nitrogens with one attached hydrogen (secondary N) is 2. The van der Waals surface area contributed by atoms with Crippen molar-refractivity contribution in [3.8, 4) is 0 Å². The summed E-state index contributed by atoms with van der Waals surface area (Å²) in [5, 5.41) is 8.24. The minimum absolute atomic E-state index is 0.0545. The molecule has 0 aliphatic carbocycles. The Bertz CT molecular complexity index is 789. The first-order valence-corrected chi connectivity index (χ1v) is 9.56. The fraction of sp³-hybridized carbons (Fsp3) is 0.368. The highest BCUT2D eigenvalue weighted by Crippen LogP contribution is 2.23. The van der Waals surface area contributed by atoms with Crippen LogP contribution >= 0.6 is 11.3 Å². The highest BCUT2D eigenvalue weighted by atomic mass is 32.1. The maximum atomic E-state index is 13.6. The van der Waals surface area contributed by atoms with Gasteiger partial charge in [0.1, 0.15) is 5.82 Å². The van der Waals surface area contributed by atoms with E-state index in [9.17, 15) is 9.18 Å². The van der Waals surface area contributed by atoms with Crippen molar-refractivity contribution in [2.75, 3.05) is 26.7 Å². The summed E-state index contributed by atoms with van der Waals surface area (Å²) in [6.07, 6.45) is 1.47. The van der Waals surface area contributed by atoms with Crippen molar-refractivity contribution in [2.24, 2.45) is 4.99 Å². The van der Waals surface area contributed by atoms with E-state index < -0.39 is 0 Å². The molecule has 1 amide bonds. The van der Waals surface area contributed by atoms with E-state index in [1.807, 2.05) is 11.0 Å². The van der Waals surface area contributed by atoms with Crippen molar-refractivity contribution in [1.82, 2.24) is 15.5 Å². The van der Waals surface area contributed by atoms with Crippen molar-refractivity contribution < 1.29 is 9.18 Å². The average molecular weight is 374 g/mol. The predicted molar refractivity (Wildman–Crippen MR) is 103 cm³/mol. The Morgan fingerprint density at radius 2 is 2.15 bits per heavy atom. The first-order valence-electron chi connectivity index (χ1n) is 8.68. The third-order valence-corrected chi connectivity index (χ3v) is 5.46. The van der Waals surface area contributed by atoms with Crippen LogP contribution in [0.3, 0.4) is 0 Å². The highest BCUT2D eigenvalue weighted by Gasteiger charge is 2.21. The molecule has 2 heterocycles. The summed E-state index contributed by atoms with van der Waals surface area (Å²) >= 11 is 1.76. The van der Waals surface area contributed by atoms with Crippen LogP contribution in [0.15, 0.2) is 40.7 Å². The summed E-state index contributed by atoms with van der Waals surface area (Å²) in [6, 6.07) is 8.82. The minimum Gasteiger partial charge on any atom is -0.356 e. The van der Waals surface area contributed by atoms with Crippen molar-refractivity contribution in [2.45, 2.75) is 19.4 Å². The van der Waals surface area contributed by atoms with Gasteiger partial charge in [-0.1, -0.05) is 18.2 Å². The molecule has 0 saturated heterocycles. The van der Waals surface area contributed by atoms with Gasteiger partial charge in [-0.25, -0.2) is 4.39 Å². The number of amides is 1. The van der Waals surface area contributed by atoms with E-state index in [4.69, 9.17) is 0 Å². The minimum atomic E-state index is -0.203. The Morgan fingerprint density at radius 3 is 2.96 bits per heavy atom. The van der Waals surface area contributed by atoms with Gasteiger partial charge in [0.25, 0.3) is 0 Å². The van der Waals surface area contributed by atoms with Crippen molar-refractivity contribution >= 4 is 23.2 Å². The predicted octanol–water partition coefficient (Wildman–Crippen LogP) is 2.18. The van der Waals surface area contributed by atoms with E-state index in [1.54, 1.807) is 30.5 Å². The Morgan fingerprint density at radius 1 is 1.31 bits per heavy atom. The van der Waals surface area contributed by atoms with E-state index in [-0.39, 0.29) is 18.3 Å². The Kier molecular flexibility index (Phi) is 6.22. The summed E-state index contributed by atoms with van der Waals surface area (Å²) in [7, 11) is 1.65. The van der Waals surface area contributed by atoms with Gasteiger partial charge in [0.2, 0.25) is 5.91 Å². The average Bonchev–Trinajstić information content (AvgIpc) is 3.13. The normalized spacial score (nSPS) is 14.1. The second kappa shape index (κ2) is 8.80. The molecule has 0 fully saturated rings.